The number of pyridine rings is 1. The monoisotopic (exact) mass is 458 g/mol. The van der Waals surface area contributed by atoms with Gasteiger partial charge in [0.2, 0.25) is 0 Å². The molecule has 4 aromatic rings. The van der Waals surface area contributed by atoms with Gasteiger partial charge in [-0.15, -0.1) is 0 Å². The molecule has 1 aliphatic carbocycles. The fourth-order valence-electron chi connectivity index (χ4n) is 5.99. The van der Waals surface area contributed by atoms with Crippen molar-refractivity contribution in [2.45, 2.75) is 45.3 Å². The van der Waals surface area contributed by atoms with E-state index in [4.69, 9.17) is 20.4 Å². The van der Waals surface area contributed by atoms with Gasteiger partial charge in [-0.2, -0.15) is 0 Å². The summed E-state index contributed by atoms with van der Waals surface area (Å²) in [6, 6.07) is 10.2. The molecule has 2 fully saturated rings. The number of imidazole rings is 1. The van der Waals surface area contributed by atoms with Gasteiger partial charge in [-0.05, 0) is 62.9 Å². The van der Waals surface area contributed by atoms with Gasteiger partial charge in [-0.1, -0.05) is 0 Å². The molecule has 0 spiro atoms. The zero-order valence-corrected chi connectivity index (χ0v) is 20.1. The molecule has 8 nitrogen and oxygen atoms in total. The van der Waals surface area contributed by atoms with Gasteiger partial charge in [0.1, 0.15) is 16.9 Å². The molecule has 2 unspecified atom stereocenters. The molecule has 6 rings (SSSR count). The van der Waals surface area contributed by atoms with Crippen LogP contribution in [0.15, 0.2) is 30.3 Å². The average Bonchev–Trinajstić information content (AvgIpc) is 3.57. The largest absolute Gasteiger partial charge is 0.494 e. The van der Waals surface area contributed by atoms with E-state index >= 15 is 0 Å². The lowest BCUT2D eigenvalue weighted by Crippen LogP contribution is -2.41. The maximum absolute atomic E-state index is 13.5. The first-order valence-corrected chi connectivity index (χ1v) is 12.0. The van der Waals surface area contributed by atoms with E-state index in [0.29, 0.717) is 17.2 Å². The molecule has 3 atom stereocenters. The number of fused-ring (bicyclic) bond motifs is 4. The van der Waals surface area contributed by atoms with Gasteiger partial charge in [0.05, 0.1) is 18.3 Å². The maximum atomic E-state index is 13.5. The van der Waals surface area contributed by atoms with Crippen LogP contribution in [0.2, 0.25) is 0 Å². The predicted octanol–water partition coefficient (Wildman–Crippen LogP) is 3.49. The van der Waals surface area contributed by atoms with Crippen LogP contribution in [0, 0.1) is 12.8 Å². The molecule has 3 aromatic heterocycles. The second-order valence-electron chi connectivity index (χ2n) is 9.62. The van der Waals surface area contributed by atoms with E-state index in [1.807, 2.05) is 41.6 Å². The number of carbonyl (C=O) groups is 1. The second-order valence-corrected chi connectivity index (χ2v) is 9.62. The summed E-state index contributed by atoms with van der Waals surface area (Å²) in [6.45, 7) is 5.63. The molecule has 34 heavy (non-hydrogen) atoms. The smallest absolute Gasteiger partial charge is 0.254 e. The number of nitrogens with two attached hydrogens (primary N) is 1. The summed E-state index contributed by atoms with van der Waals surface area (Å²) in [5, 5.41) is 1.08. The summed E-state index contributed by atoms with van der Waals surface area (Å²) in [5.74, 6) is 1.88. The van der Waals surface area contributed by atoms with Crippen LogP contribution in [-0.2, 0) is 13.6 Å². The van der Waals surface area contributed by atoms with Crippen LogP contribution < -0.4 is 10.5 Å². The highest BCUT2D eigenvalue weighted by atomic mass is 16.5. The van der Waals surface area contributed by atoms with Crippen LogP contribution in [0.1, 0.15) is 35.8 Å². The fraction of sp³-hybridized carbons (Fsp3) is 0.423. The Morgan fingerprint density at radius 1 is 1.21 bits per heavy atom. The first-order valence-electron chi connectivity index (χ1n) is 12.0. The Morgan fingerprint density at radius 3 is 2.71 bits per heavy atom. The maximum Gasteiger partial charge on any atom is 0.254 e. The van der Waals surface area contributed by atoms with Crippen LogP contribution in [0.4, 0.5) is 0 Å². The van der Waals surface area contributed by atoms with E-state index < -0.39 is 0 Å². The SMILES string of the molecule is CCn1c(-c2nc3cc(C(=O)N4C[C@H]5CCC4C5N)cc(OC)c3n2C)cc2ccc(C)nc21. The molecule has 2 N–H and O–H groups in total. The minimum absolute atomic E-state index is 0.0115. The lowest BCUT2D eigenvalue weighted by atomic mass is 10.1. The Labute approximate surface area is 198 Å². The fourth-order valence-corrected chi connectivity index (χ4v) is 5.99. The zero-order valence-electron chi connectivity index (χ0n) is 20.1. The Hall–Kier alpha value is -3.39. The third-order valence-electron chi connectivity index (χ3n) is 7.74. The number of carbonyl (C=O) groups excluding carboxylic acids is 1. The van der Waals surface area contributed by atoms with Gasteiger partial charge in [0, 0.05) is 48.9 Å². The van der Waals surface area contributed by atoms with Crippen LogP contribution in [0.5, 0.6) is 5.75 Å². The number of rotatable bonds is 4. The molecule has 2 bridgehead atoms. The van der Waals surface area contributed by atoms with Crippen molar-refractivity contribution in [1.29, 1.82) is 0 Å². The molecule has 0 radical (unpaired) electrons. The average molecular weight is 459 g/mol. The molecular formula is C26H30N6O2. The highest BCUT2D eigenvalue weighted by Gasteiger charge is 2.47. The van der Waals surface area contributed by atoms with E-state index in [9.17, 15) is 4.79 Å². The van der Waals surface area contributed by atoms with Gasteiger partial charge < -0.3 is 24.5 Å². The molecule has 176 valence electrons. The van der Waals surface area contributed by atoms with Gasteiger partial charge in [-0.3, -0.25) is 4.79 Å². The van der Waals surface area contributed by atoms with Gasteiger partial charge in [-0.25, -0.2) is 9.97 Å². The van der Waals surface area contributed by atoms with E-state index in [1.54, 1.807) is 7.11 Å². The molecule has 1 saturated heterocycles. The predicted molar refractivity (Wildman–Crippen MR) is 132 cm³/mol. The van der Waals surface area contributed by atoms with E-state index in [-0.39, 0.29) is 18.0 Å². The van der Waals surface area contributed by atoms with Gasteiger partial charge in [0.25, 0.3) is 5.91 Å². The molecule has 4 heterocycles. The molecule has 1 aromatic carbocycles. The summed E-state index contributed by atoms with van der Waals surface area (Å²) in [6.07, 6.45) is 2.10. The van der Waals surface area contributed by atoms with Crippen LogP contribution in [-0.4, -0.2) is 55.6 Å². The number of nitrogens with zero attached hydrogens (tertiary/aromatic N) is 5. The molecular weight excluding hydrogens is 428 g/mol. The first kappa shape index (κ1) is 21.2. The quantitative estimate of drug-likeness (QED) is 0.506. The standard InChI is InChI=1S/C26H30N6O2/c1-5-31-20(11-15-7-6-14(2)28-24(15)31)25-29-18-10-17(12-21(34-4)23(18)30(25)3)26(33)32-13-16-8-9-19(32)22(16)27/h6-7,10-12,16,19,22H,5,8-9,13,27H2,1-4H3/t16-,19?,22?/m1/s1. The van der Waals surface area contributed by atoms with E-state index in [2.05, 4.69) is 23.6 Å². The van der Waals surface area contributed by atoms with Crippen molar-refractivity contribution in [1.82, 2.24) is 24.0 Å². The highest BCUT2D eigenvalue weighted by Crippen LogP contribution is 2.39. The minimum Gasteiger partial charge on any atom is -0.494 e. The van der Waals surface area contributed by atoms with Crippen molar-refractivity contribution in [2.24, 2.45) is 18.7 Å². The lowest BCUT2D eigenvalue weighted by Gasteiger charge is -2.27. The second kappa shape index (κ2) is 7.56. The molecule has 1 aliphatic heterocycles. The van der Waals surface area contributed by atoms with Crippen molar-refractivity contribution in [3.63, 3.8) is 0 Å². The Balaban J connectivity index is 1.48. The summed E-state index contributed by atoms with van der Waals surface area (Å²) in [7, 11) is 3.63. The molecule has 2 aliphatic rings. The highest BCUT2D eigenvalue weighted by molar-refractivity contribution is 6.00. The van der Waals surface area contributed by atoms with Crippen molar-refractivity contribution in [3.8, 4) is 17.3 Å². The van der Waals surface area contributed by atoms with Crippen molar-refractivity contribution >= 4 is 28.0 Å². The minimum atomic E-state index is 0.0115. The van der Waals surface area contributed by atoms with Gasteiger partial charge in [0.15, 0.2) is 5.82 Å². The van der Waals surface area contributed by atoms with Gasteiger partial charge >= 0.3 is 0 Å². The molecule has 1 saturated carbocycles. The normalized spacial score (nSPS) is 21.8. The Kier molecular flexibility index (Phi) is 4.71. The summed E-state index contributed by atoms with van der Waals surface area (Å²) in [4.78, 5) is 25.2. The molecule has 8 heteroatoms. The van der Waals surface area contributed by atoms with Crippen molar-refractivity contribution in [2.75, 3.05) is 13.7 Å². The number of hydrogen-bond acceptors (Lipinski definition) is 5. The summed E-state index contributed by atoms with van der Waals surface area (Å²) < 4.78 is 9.98. The first-order chi connectivity index (χ1) is 16.4. The number of ether oxygens (including phenoxy) is 1. The Morgan fingerprint density at radius 2 is 2.03 bits per heavy atom. The number of benzene rings is 1. The molecule has 1 amide bonds. The number of amides is 1. The van der Waals surface area contributed by atoms with Crippen LogP contribution in [0.25, 0.3) is 33.6 Å². The third-order valence-corrected chi connectivity index (χ3v) is 7.74. The number of aryl methyl sites for hydroxylation is 3. The number of likely N-dealkylation sites (tertiary alicyclic amines) is 1. The van der Waals surface area contributed by atoms with Crippen LogP contribution >= 0.6 is 0 Å². The third kappa shape index (κ3) is 2.91. The number of hydrogen-bond donors (Lipinski definition) is 1. The summed E-state index contributed by atoms with van der Waals surface area (Å²) >= 11 is 0. The zero-order chi connectivity index (χ0) is 23.7. The Bertz CT molecular complexity index is 1450. The topological polar surface area (TPSA) is 91.2 Å². The van der Waals surface area contributed by atoms with Crippen molar-refractivity contribution < 1.29 is 9.53 Å². The van der Waals surface area contributed by atoms with E-state index in [1.165, 1.54) is 0 Å². The van der Waals surface area contributed by atoms with Crippen molar-refractivity contribution in [3.05, 3.63) is 41.6 Å². The van der Waals surface area contributed by atoms with E-state index in [0.717, 1.165) is 65.2 Å². The lowest BCUT2D eigenvalue weighted by molar-refractivity contribution is 0.0700. The van der Waals surface area contributed by atoms with Crippen LogP contribution in [0.3, 0.4) is 0 Å². The summed E-state index contributed by atoms with van der Waals surface area (Å²) in [5.41, 5.74) is 11.5. The number of aromatic nitrogens is 4. The number of piperidine rings is 1. The number of methoxy groups -OCH3 is 1.